The molecule has 1 aromatic heterocycles. The Bertz CT molecular complexity index is 982. The zero-order chi connectivity index (χ0) is 22.4. The number of aromatic nitrogens is 1. The Hall–Kier alpha value is -1.90. The van der Waals surface area contributed by atoms with Crippen molar-refractivity contribution in [1.82, 2.24) is 19.1 Å². The van der Waals surface area contributed by atoms with Gasteiger partial charge in [0, 0.05) is 43.3 Å². The van der Waals surface area contributed by atoms with Gasteiger partial charge in [0.15, 0.2) is 0 Å². The van der Waals surface area contributed by atoms with Gasteiger partial charge >= 0.3 is 0 Å². The number of nitrogens with one attached hydrogen (secondary N) is 1. The third-order valence-electron chi connectivity index (χ3n) is 6.32. The van der Waals surface area contributed by atoms with Gasteiger partial charge < -0.3 is 14.8 Å². The van der Waals surface area contributed by atoms with Crippen LogP contribution in [0.2, 0.25) is 0 Å². The summed E-state index contributed by atoms with van der Waals surface area (Å²) in [6.07, 6.45) is 4.31. The predicted molar refractivity (Wildman–Crippen MR) is 125 cm³/mol. The number of amides is 1. The summed E-state index contributed by atoms with van der Waals surface area (Å²) in [5.41, 5.74) is 1.03. The summed E-state index contributed by atoms with van der Waals surface area (Å²) in [6.45, 7) is 11.5. The normalized spacial score (nSPS) is 18.0. The highest BCUT2D eigenvalue weighted by atomic mass is 32.2. The molecule has 1 fully saturated rings. The largest absolute Gasteiger partial charge is 0.356 e. The van der Waals surface area contributed by atoms with Crippen molar-refractivity contribution in [2.24, 2.45) is 5.92 Å². The van der Waals surface area contributed by atoms with E-state index in [0.29, 0.717) is 24.4 Å². The summed E-state index contributed by atoms with van der Waals surface area (Å²) in [4.78, 5) is 15.3. The minimum absolute atomic E-state index is 0.0325. The van der Waals surface area contributed by atoms with E-state index in [9.17, 15) is 13.2 Å². The fourth-order valence-electron chi connectivity index (χ4n) is 4.34. The minimum atomic E-state index is -3.62. The standard InChI is InChI=1S/C23H36N4O3S/c1-4-25(5-2)14-8-13-24-23(28)20-9-7-15-27(18-20)31(29,30)21-10-11-22-19(17-21)12-16-26(22)6-3/h10-12,16-17,20H,4-9,13-15,18H2,1-3H3,(H,24,28)/t20-/m0/s1. The highest BCUT2D eigenvalue weighted by Gasteiger charge is 2.33. The molecule has 0 radical (unpaired) electrons. The number of carbonyl (C=O) groups excluding carboxylic acids is 1. The van der Waals surface area contributed by atoms with Gasteiger partial charge in [0.25, 0.3) is 0 Å². The highest BCUT2D eigenvalue weighted by Crippen LogP contribution is 2.27. The van der Waals surface area contributed by atoms with Gasteiger partial charge in [0.05, 0.1) is 10.8 Å². The van der Waals surface area contributed by atoms with E-state index in [4.69, 9.17) is 0 Å². The van der Waals surface area contributed by atoms with Crippen LogP contribution in [0, 0.1) is 5.92 Å². The van der Waals surface area contributed by atoms with Crippen molar-refractivity contribution in [3.05, 3.63) is 30.5 Å². The molecule has 1 amide bonds. The van der Waals surface area contributed by atoms with E-state index in [2.05, 4.69) is 35.6 Å². The fraction of sp³-hybridized carbons (Fsp3) is 0.609. The van der Waals surface area contributed by atoms with Gasteiger partial charge in [-0.15, -0.1) is 0 Å². The Kier molecular flexibility index (Phi) is 8.13. The van der Waals surface area contributed by atoms with Crippen LogP contribution >= 0.6 is 0 Å². The maximum atomic E-state index is 13.3. The molecule has 3 rings (SSSR count). The topological polar surface area (TPSA) is 74.7 Å². The number of rotatable bonds is 10. The first-order valence-electron chi connectivity index (χ1n) is 11.5. The van der Waals surface area contributed by atoms with Gasteiger partial charge in [-0.2, -0.15) is 4.31 Å². The number of carbonyl (C=O) groups is 1. The van der Waals surface area contributed by atoms with Crippen LogP contribution in [0.3, 0.4) is 0 Å². The number of piperidine rings is 1. The lowest BCUT2D eigenvalue weighted by Crippen LogP contribution is -2.45. The third kappa shape index (κ3) is 5.48. The average Bonchev–Trinajstić information content (AvgIpc) is 3.21. The first-order chi connectivity index (χ1) is 14.9. The number of benzene rings is 1. The fourth-order valence-corrected chi connectivity index (χ4v) is 5.90. The van der Waals surface area contributed by atoms with Gasteiger partial charge in [0.2, 0.25) is 15.9 Å². The Morgan fingerprint density at radius 3 is 2.68 bits per heavy atom. The second-order valence-electron chi connectivity index (χ2n) is 8.20. The van der Waals surface area contributed by atoms with E-state index in [1.54, 1.807) is 12.1 Å². The lowest BCUT2D eigenvalue weighted by Gasteiger charge is -2.31. The van der Waals surface area contributed by atoms with Gasteiger partial charge in [0.1, 0.15) is 0 Å². The summed E-state index contributed by atoms with van der Waals surface area (Å²) in [6, 6.07) is 7.24. The Labute approximate surface area is 186 Å². The SMILES string of the molecule is CCN(CC)CCCNC(=O)[C@H]1CCCN(S(=O)(=O)c2ccc3c(ccn3CC)c2)C1. The third-order valence-corrected chi connectivity index (χ3v) is 8.18. The van der Waals surface area contributed by atoms with Crippen LogP contribution in [0.5, 0.6) is 0 Å². The quantitative estimate of drug-likeness (QED) is 0.567. The van der Waals surface area contributed by atoms with Crippen molar-refractivity contribution >= 4 is 26.8 Å². The molecule has 1 aliphatic rings. The number of hydrogen-bond acceptors (Lipinski definition) is 4. The molecular weight excluding hydrogens is 412 g/mol. The monoisotopic (exact) mass is 448 g/mol. The second-order valence-corrected chi connectivity index (χ2v) is 10.1. The van der Waals surface area contributed by atoms with Gasteiger partial charge in [-0.25, -0.2) is 8.42 Å². The van der Waals surface area contributed by atoms with E-state index >= 15 is 0 Å². The van der Waals surface area contributed by atoms with E-state index in [0.717, 1.165) is 49.9 Å². The molecule has 31 heavy (non-hydrogen) atoms. The molecule has 2 aromatic rings. The van der Waals surface area contributed by atoms with Crippen molar-refractivity contribution in [3.8, 4) is 0 Å². The molecule has 1 N–H and O–H groups in total. The van der Waals surface area contributed by atoms with Crippen molar-refractivity contribution < 1.29 is 13.2 Å². The van der Waals surface area contributed by atoms with Crippen LogP contribution in [0.1, 0.15) is 40.0 Å². The zero-order valence-corrected chi connectivity index (χ0v) is 19.8. The van der Waals surface area contributed by atoms with Crippen LogP contribution in [-0.2, 0) is 21.4 Å². The lowest BCUT2D eigenvalue weighted by atomic mass is 9.99. The molecule has 1 atom stereocenters. The summed E-state index contributed by atoms with van der Waals surface area (Å²) >= 11 is 0. The van der Waals surface area contributed by atoms with Crippen LogP contribution in [0.15, 0.2) is 35.4 Å². The number of hydrogen-bond donors (Lipinski definition) is 1. The number of aryl methyl sites for hydroxylation is 1. The molecule has 0 saturated carbocycles. The summed E-state index contributed by atoms with van der Waals surface area (Å²) < 4.78 is 30.1. The highest BCUT2D eigenvalue weighted by molar-refractivity contribution is 7.89. The predicted octanol–water partition coefficient (Wildman–Crippen LogP) is 2.91. The maximum absolute atomic E-state index is 13.3. The number of nitrogens with zero attached hydrogens (tertiary/aromatic N) is 3. The van der Waals surface area contributed by atoms with Gasteiger partial charge in [-0.1, -0.05) is 13.8 Å². The molecule has 2 heterocycles. The van der Waals surface area contributed by atoms with Crippen LogP contribution in [0.4, 0.5) is 0 Å². The lowest BCUT2D eigenvalue weighted by molar-refractivity contribution is -0.126. The van der Waals surface area contributed by atoms with E-state index < -0.39 is 10.0 Å². The molecule has 7 nitrogen and oxygen atoms in total. The molecular formula is C23H36N4O3S. The first kappa shape index (κ1) is 23.8. The van der Waals surface area contributed by atoms with Crippen molar-refractivity contribution in [2.75, 3.05) is 39.3 Å². The van der Waals surface area contributed by atoms with Crippen molar-refractivity contribution in [1.29, 1.82) is 0 Å². The molecule has 1 aliphatic heterocycles. The summed E-state index contributed by atoms with van der Waals surface area (Å²) in [7, 11) is -3.62. The molecule has 0 unspecified atom stereocenters. The zero-order valence-electron chi connectivity index (χ0n) is 19.0. The maximum Gasteiger partial charge on any atom is 0.243 e. The number of fused-ring (bicyclic) bond motifs is 1. The van der Waals surface area contributed by atoms with Crippen LogP contribution < -0.4 is 5.32 Å². The smallest absolute Gasteiger partial charge is 0.243 e. The Morgan fingerprint density at radius 1 is 1.19 bits per heavy atom. The van der Waals surface area contributed by atoms with E-state index in [-0.39, 0.29) is 18.4 Å². The van der Waals surface area contributed by atoms with E-state index in [1.165, 1.54) is 4.31 Å². The minimum Gasteiger partial charge on any atom is -0.356 e. The van der Waals surface area contributed by atoms with Gasteiger partial charge in [-0.3, -0.25) is 4.79 Å². The first-order valence-corrected chi connectivity index (χ1v) is 12.9. The second kappa shape index (κ2) is 10.6. The van der Waals surface area contributed by atoms with Crippen LogP contribution in [-0.4, -0.2) is 67.4 Å². The molecule has 0 bridgehead atoms. The molecule has 8 heteroatoms. The Morgan fingerprint density at radius 2 is 1.97 bits per heavy atom. The van der Waals surface area contributed by atoms with Crippen molar-refractivity contribution in [2.45, 2.75) is 51.5 Å². The summed E-state index contributed by atoms with van der Waals surface area (Å²) in [5, 5.41) is 3.93. The summed E-state index contributed by atoms with van der Waals surface area (Å²) in [5.74, 6) is -0.322. The number of sulfonamides is 1. The average molecular weight is 449 g/mol. The molecule has 0 aliphatic carbocycles. The molecule has 1 aromatic carbocycles. The molecule has 1 saturated heterocycles. The van der Waals surface area contributed by atoms with E-state index in [1.807, 2.05) is 18.3 Å². The van der Waals surface area contributed by atoms with Crippen molar-refractivity contribution in [3.63, 3.8) is 0 Å². The Balaban J connectivity index is 1.62. The molecule has 0 spiro atoms. The van der Waals surface area contributed by atoms with Crippen LogP contribution in [0.25, 0.3) is 10.9 Å². The molecule has 172 valence electrons. The van der Waals surface area contributed by atoms with Gasteiger partial charge in [-0.05, 0) is 70.1 Å².